The highest BCUT2D eigenvalue weighted by atomic mass is 19.1. The van der Waals surface area contributed by atoms with Gasteiger partial charge in [-0.1, -0.05) is 17.3 Å². The zero-order chi connectivity index (χ0) is 14.8. The van der Waals surface area contributed by atoms with Gasteiger partial charge in [0.2, 0.25) is 0 Å². The van der Waals surface area contributed by atoms with Crippen molar-refractivity contribution in [2.45, 2.75) is 6.42 Å². The van der Waals surface area contributed by atoms with Crippen molar-refractivity contribution in [2.75, 3.05) is 5.73 Å². The molecule has 1 heterocycles. The van der Waals surface area contributed by atoms with Crippen LogP contribution in [0.4, 0.5) is 14.5 Å². The molecule has 21 heavy (non-hydrogen) atoms. The Morgan fingerprint density at radius 3 is 2.62 bits per heavy atom. The quantitative estimate of drug-likeness (QED) is 0.751. The summed E-state index contributed by atoms with van der Waals surface area (Å²) in [5, 5.41) is 3.82. The molecule has 6 heteroatoms. The number of rotatable bonds is 3. The fraction of sp³-hybridized carbons (Fsp3) is 0.0667. The minimum absolute atomic E-state index is 0.207. The molecule has 0 spiro atoms. The molecule has 0 radical (unpaired) electrons. The van der Waals surface area contributed by atoms with E-state index in [4.69, 9.17) is 10.3 Å². The minimum Gasteiger partial charge on any atom is -0.398 e. The maximum Gasteiger partial charge on any atom is 0.260 e. The van der Waals surface area contributed by atoms with Crippen molar-refractivity contribution >= 4 is 5.69 Å². The van der Waals surface area contributed by atoms with Crippen molar-refractivity contribution in [3.8, 4) is 11.5 Å². The monoisotopic (exact) mass is 287 g/mol. The fourth-order valence-electron chi connectivity index (χ4n) is 1.99. The van der Waals surface area contributed by atoms with E-state index in [-0.39, 0.29) is 17.4 Å². The van der Waals surface area contributed by atoms with E-state index in [2.05, 4.69) is 10.1 Å². The van der Waals surface area contributed by atoms with Crippen molar-refractivity contribution in [1.29, 1.82) is 0 Å². The number of benzene rings is 2. The first-order chi connectivity index (χ1) is 10.1. The molecule has 0 saturated heterocycles. The Labute approximate surface area is 119 Å². The lowest BCUT2D eigenvalue weighted by Gasteiger charge is -1.99. The molecule has 0 aliphatic carbocycles. The Balaban J connectivity index is 1.86. The SMILES string of the molecule is Nc1cc(F)ccc1-c1nc(Cc2cccc(F)c2)no1. The summed E-state index contributed by atoms with van der Waals surface area (Å²) >= 11 is 0. The largest absolute Gasteiger partial charge is 0.398 e. The van der Waals surface area contributed by atoms with Crippen molar-refractivity contribution in [3.05, 3.63) is 65.5 Å². The molecule has 0 aliphatic rings. The first kappa shape index (κ1) is 13.2. The Bertz CT molecular complexity index is 786. The molecule has 2 N–H and O–H groups in total. The first-order valence-corrected chi connectivity index (χ1v) is 6.24. The number of nitrogens with zero attached hydrogens (tertiary/aromatic N) is 2. The third-order valence-corrected chi connectivity index (χ3v) is 2.96. The molecular weight excluding hydrogens is 276 g/mol. The van der Waals surface area contributed by atoms with Gasteiger partial charge in [0.25, 0.3) is 5.89 Å². The second-order valence-corrected chi connectivity index (χ2v) is 4.55. The summed E-state index contributed by atoms with van der Waals surface area (Å²) in [6, 6.07) is 10.1. The van der Waals surface area contributed by atoms with Crippen molar-refractivity contribution in [3.63, 3.8) is 0 Å². The molecule has 2 aromatic carbocycles. The summed E-state index contributed by atoms with van der Waals surface area (Å²) in [7, 11) is 0. The predicted octanol–water partition coefficient (Wildman–Crippen LogP) is 3.19. The van der Waals surface area contributed by atoms with Crippen molar-refractivity contribution in [2.24, 2.45) is 0 Å². The Kier molecular flexibility index (Phi) is 3.35. The highest BCUT2D eigenvalue weighted by Gasteiger charge is 2.12. The van der Waals surface area contributed by atoms with Crippen molar-refractivity contribution in [1.82, 2.24) is 10.1 Å². The van der Waals surface area contributed by atoms with Gasteiger partial charge in [0.15, 0.2) is 5.82 Å². The highest BCUT2D eigenvalue weighted by Crippen LogP contribution is 2.25. The van der Waals surface area contributed by atoms with Crippen LogP contribution in [-0.2, 0) is 6.42 Å². The van der Waals surface area contributed by atoms with E-state index in [1.807, 2.05) is 0 Å². The maximum atomic E-state index is 13.1. The Morgan fingerprint density at radius 2 is 1.86 bits per heavy atom. The van der Waals surface area contributed by atoms with Gasteiger partial charge < -0.3 is 10.3 Å². The van der Waals surface area contributed by atoms with Crippen LogP contribution in [0, 0.1) is 11.6 Å². The average Bonchev–Trinajstić information content (AvgIpc) is 2.87. The van der Waals surface area contributed by atoms with Gasteiger partial charge in [0.05, 0.1) is 5.56 Å². The second-order valence-electron chi connectivity index (χ2n) is 4.55. The van der Waals surface area contributed by atoms with Crippen LogP contribution in [0.5, 0.6) is 0 Å². The van der Waals surface area contributed by atoms with Gasteiger partial charge in [-0.3, -0.25) is 0 Å². The lowest BCUT2D eigenvalue weighted by atomic mass is 10.1. The van der Waals surface area contributed by atoms with Crippen LogP contribution in [-0.4, -0.2) is 10.1 Å². The normalized spacial score (nSPS) is 10.8. The molecule has 4 nitrogen and oxygen atoms in total. The molecular formula is C15H11F2N3O. The molecule has 0 fully saturated rings. The summed E-state index contributed by atoms with van der Waals surface area (Å²) < 4.78 is 31.2. The Morgan fingerprint density at radius 1 is 1.05 bits per heavy atom. The van der Waals surface area contributed by atoms with Crippen LogP contribution in [0.3, 0.4) is 0 Å². The smallest absolute Gasteiger partial charge is 0.260 e. The van der Waals surface area contributed by atoms with Gasteiger partial charge >= 0.3 is 0 Å². The standard InChI is InChI=1S/C15H11F2N3O/c16-10-3-1-2-9(6-10)7-14-19-15(21-20-14)12-5-4-11(17)8-13(12)18/h1-6,8H,7,18H2. The molecule has 0 saturated carbocycles. The van der Waals surface area contributed by atoms with Gasteiger partial charge in [0.1, 0.15) is 11.6 Å². The third-order valence-electron chi connectivity index (χ3n) is 2.96. The van der Waals surface area contributed by atoms with E-state index in [0.29, 0.717) is 17.8 Å². The van der Waals surface area contributed by atoms with Gasteiger partial charge in [-0.05, 0) is 35.9 Å². The minimum atomic E-state index is -0.434. The summed E-state index contributed by atoms with van der Waals surface area (Å²) in [6.45, 7) is 0. The zero-order valence-electron chi connectivity index (χ0n) is 10.9. The van der Waals surface area contributed by atoms with Crippen LogP contribution in [0.1, 0.15) is 11.4 Å². The number of anilines is 1. The number of hydrogen-bond donors (Lipinski definition) is 1. The zero-order valence-corrected chi connectivity index (χ0v) is 10.9. The second kappa shape index (κ2) is 5.32. The molecule has 106 valence electrons. The van der Waals surface area contributed by atoms with Crippen LogP contribution in [0.2, 0.25) is 0 Å². The lowest BCUT2D eigenvalue weighted by Crippen LogP contribution is -1.93. The van der Waals surface area contributed by atoms with E-state index in [0.717, 1.165) is 5.56 Å². The van der Waals surface area contributed by atoms with Crippen LogP contribution < -0.4 is 5.73 Å². The predicted molar refractivity (Wildman–Crippen MR) is 73.3 cm³/mol. The fourth-order valence-corrected chi connectivity index (χ4v) is 1.99. The third kappa shape index (κ3) is 2.89. The molecule has 0 aliphatic heterocycles. The van der Waals surface area contributed by atoms with E-state index in [1.54, 1.807) is 12.1 Å². The van der Waals surface area contributed by atoms with Gasteiger partial charge in [-0.15, -0.1) is 0 Å². The van der Waals surface area contributed by atoms with Gasteiger partial charge in [-0.25, -0.2) is 8.78 Å². The number of hydrogen-bond acceptors (Lipinski definition) is 4. The molecule has 3 aromatic rings. The summed E-state index contributed by atoms with van der Waals surface area (Å²) in [5.41, 5.74) is 7.13. The topological polar surface area (TPSA) is 64.9 Å². The van der Waals surface area contributed by atoms with Crippen LogP contribution in [0.25, 0.3) is 11.5 Å². The lowest BCUT2D eigenvalue weighted by molar-refractivity contribution is 0.424. The van der Waals surface area contributed by atoms with E-state index < -0.39 is 5.82 Å². The molecule has 0 bridgehead atoms. The average molecular weight is 287 g/mol. The number of halogens is 2. The number of nitrogens with two attached hydrogens (primary N) is 1. The summed E-state index contributed by atoms with van der Waals surface area (Å²) in [6.07, 6.45) is 0.336. The molecule has 0 atom stereocenters. The summed E-state index contributed by atoms with van der Waals surface area (Å²) in [5.74, 6) is -0.145. The van der Waals surface area contributed by atoms with Crippen molar-refractivity contribution < 1.29 is 13.3 Å². The van der Waals surface area contributed by atoms with E-state index in [1.165, 1.54) is 30.3 Å². The molecule has 1 aromatic heterocycles. The number of nitrogen functional groups attached to an aromatic ring is 1. The van der Waals surface area contributed by atoms with E-state index in [9.17, 15) is 8.78 Å². The maximum absolute atomic E-state index is 13.1. The van der Waals surface area contributed by atoms with Gasteiger partial charge in [0, 0.05) is 12.1 Å². The molecule has 0 amide bonds. The van der Waals surface area contributed by atoms with Crippen LogP contribution >= 0.6 is 0 Å². The Hall–Kier alpha value is -2.76. The molecule has 0 unspecified atom stereocenters. The van der Waals surface area contributed by atoms with Gasteiger partial charge in [-0.2, -0.15) is 4.98 Å². The molecule has 3 rings (SSSR count). The van der Waals surface area contributed by atoms with E-state index >= 15 is 0 Å². The summed E-state index contributed by atoms with van der Waals surface area (Å²) in [4.78, 5) is 4.19. The highest BCUT2D eigenvalue weighted by molar-refractivity contribution is 5.70. The van der Waals surface area contributed by atoms with Crippen LogP contribution in [0.15, 0.2) is 47.0 Å². The first-order valence-electron chi connectivity index (χ1n) is 6.24. The number of aromatic nitrogens is 2.